The Morgan fingerprint density at radius 1 is 1.41 bits per heavy atom. The maximum absolute atomic E-state index is 10.6. The van der Waals surface area contributed by atoms with Crippen LogP contribution in [0.1, 0.15) is 12.0 Å². The summed E-state index contributed by atoms with van der Waals surface area (Å²) in [6.07, 6.45) is 4.71. The molecule has 7 nitrogen and oxygen atoms in total. The van der Waals surface area contributed by atoms with E-state index >= 15 is 0 Å². The first-order valence-corrected chi connectivity index (χ1v) is 7.24. The van der Waals surface area contributed by atoms with Crippen LogP contribution in [0.15, 0.2) is 36.7 Å². The largest absolute Gasteiger partial charge is 0.362 e. The molecule has 0 saturated carbocycles. The van der Waals surface area contributed by atoms with Gasteiger partial charge < -0.3 is 10.6 Å². The number of thiocarbonyl (C=S) groups is 1. The van der Waals surface area contributed by atoms with E-state index in [1.54, 1.807) is 12.1 Å². The van der Waals surface area contributed by atoms with E-state index in [1.165, 1.54) is 12.1 Å². The molecule has 0 fully saturated rings. The number of nitrogens with one attached hydrogen (secondary N) is 2. The fourth-order valence-electron chi connectivity index (χ4n) is 1.87. The van der Waals surface area contributed by atoms with Crippen molar-refractivity contribution in [2.75, 3.05) is 11.9 Å². The summed E-state index contributed by atoms with van der Waals surface area (Å²) < 4.78 is 1.89. The zero-order valence-corrected chi connectivity index (χ0v) is 13.0. The summed E-state index contributed by atoms with van der Waals surface area (Å²) >= 11 is 5.18. The highest BCUT2D eigenvalue weighted by atomic mass is 32.1. The summed E-state index contributed by atoms with van der Waals surface area (Å²) in [4.78, 5) is 10.1. The van der Waals surface area contributed by atoms with Gasteiger partial charge >= 0.3 is 0 Å². The summed E-state index contributed by atoms with van der Waals surface area (Å²) in [6.45, 7) is 3.55. The minimum absolute atomic E-state index is 0.0546. The van der Waals surface area contributed by atoms with Gasteiger partial charge in [-0.25, -0.2) is 0 Å². The molecule has 2 rings (SSSR count). The normalized spacial score (nSPS) is 10.2. The summed E-state index contributed by atoms with van der Waals surface area (Å²) in [5, 5.41) is 21.3. The second-order valence-electron chi connectivity index (χ2n) is 4.82. The quantitative estimate of drug-likeness (QED) is 0.368. The maximum Gasteiger partial charge on any atom is 0.269 e. The molecule has 0 spiro atoms. The van der Waals surface area contributed by atoms with Gasteiger partial charge in [-0.3, -0.25) is 14.8 Å². The van der Waals surface area contributed by atoms with Crippen molar-refractivity contribution in [3.63, 3.8) is 0 Å². The average Bonchev–Trinajstić information content (AvgIpc) is 2.90. The molecular formula is C14H17N5O2S. The number of hydrogen-bond donors (Lipinski definition) is 2. The number of nitro groups is 1. The third-order valence-corrected chi connectivity index (χ3v) is 3.19. The molecule has 0 radical (unpaired) electrons. The van der Waals surface area contributed by atoms with Crippen LogP contribution in [-0.4, -0.2) is 26.4 Å². The van der Waals surface area contributed by atoms with E-state index in [4.69, 9.17) is 12.2 Å². The Hall–Kier alpha value is -2.48. The standard InChI is InChI=1S/C14H17N5O2S/c1-11-9-16-18(10-11)8-2-7-15-14(22)17-12-3-5-13(6-4-12)19(20)21/h3-6,9-10H,2,7-8H2,1H3,(H2,15,17,22). The van der Waals surface area contributed by atoms with Gasteiger partial charge in [-0.05, 0) is 43.3 Å². The maximum atomic E-state index is 10.6. The Kier molecular flexibility index (Phi) is 5.42. The van der Waals surface area contributed by atoms with E-state index in [9.17, 15) is 10.1 Å². The van der Waals surface area contributed by atoms with Gasteiger partial charge in [0, 0.05) is 37.1 Å². The molecular weight excluding hydrogens is 302 g/mol. The number of aryl methyl sites for hydroxylation is 2. The van der Waals surface area contributed by atoms with Gasteiger partial charge in [-0.15, -0.1) is 0 Å². The molecule has 116 valence electrons. The molecule has 1 heterocycles. The first-order chi connectivity index (χ1) is 10.5. The van der Waals surface area contributed by atoms with Gasteiger partial charge in [0.2, 0.25) is 0 Å². The molecule has 22 heavy (non-hydrogen) atoms. The third-order valence-electron chi connectivity index (χ3n) is 2.95. The van der Waals surface area contributed by atoms with Crippen LogP contribution < -0.4 is 10.6 Å². The van der Waals surface area contributed by atoms with Gasteiger partial charge in [0.15, 0.2) is 5.11 Å². The number of benzene rings is 1. The van der Waals surface area contributed by atoms with Gasteiger partial charge in [-0.1, -0.05) is 0 Å². The lowest BCUT2D eigenvalue weighted by Crippen LogP contribution is -2.29. The Morgan fingerprint density at radius 2 is 2.14 bits per heavy atom. The Morgan fingerprint density at radius 3 is 2.73 bits per heavy atom. The van der Waals surface area contributed by atoms with Crippen molar-refractivity contribution in [1.29, 1.82) is 0 Å². The van der Waals surface area contributed by atoms with E-state index in [-0.39, 0.29) is 5.69 Å². The van der Waals surface area contributed by atoms with Crippen LogP contribution in [-0.2, 0) is 6.54 Å². The molecule has 0 aliphatic heterocycles. The summed E-state index contributed by atoms with van der Waals surface area (Å²) in [7, 11) is 0. The molecule has 0 saturated heterocycles. The average molecular weight is 319 g/mol. The lowest BCUT2D eigenvalue weighted by atomic mass is 10.3. The van der Waals surface area contributed by atoms with E-state index in [0.717, 1.165) is 25.1 Å². The molecule has 0 aliphatic rings. The molecule has 1 aromatic carbocycles. The minimum Gasteiger partial charge on any atom is -0.362 e. The number of anilines is 1. The summed E-state index contributed by atoms with van der Waals surface area (Å²) in [5.74, 6) is 0. The Bertz CT molecular complexity index is 654. The fourth-order valence-corrected chi connectivity index (χ4v) is 2.09. The first-order valence-electron chi connectivity index (χ1n) is 6.83. The monoisotopic (exact) mass is 319 g/mol. The number of nitrogens with zero attached hydrogens (tertiary/aromatic N) is 3. The van der Waals surface area contributed by atoms with Crippen LogP contribution >= 0.6 is 12.2 Å². The van der Waals surface area contributed by atoms with Crippen LogP contribution in [0, 0.1) is 17.0 Å². The van der Waals surface area contributed by atoms with Crippen molar-refractivity contribution < 1.29 is 4.92 Å². The minimum atomic E-state index is -0.433. The molecule has 2 aromatic rings. The number of non-ortho nitro benzene ring substituents is 1. The lowest BCUT2D eigenvalue weighted by Gasteiger charge is -2.10. The van der Waals surface area contributed by atoms with Crippen LogP contribution in [0.3, 0.4) is 0 Å². The molecule has 0 bridgehead atoms. The smallest absolute Gasteiger partial charge is 0.269 e. The van der Waals surface area contributed by atoms with Crippen molar-refractivity contribution >= 4 is 28.7 Å². The highest BCUT2D eigenvalue weighted by Gasteiger charge is 2.04. The zero-order valence-electron chi connectivity index (χ0n) is 12.2. The second kappa shape index (κ2) is 7.51. The third kappa shape index (κ3) is 4.81. The van der Waals surface area contributed by atoms with Crippen molar-refractivity contribution in [3.8, 4) is 0 Å². The van der Waals surface area contributed by atoms with Crippen LogP contribution in [0.5, 0.6) is 0 Å². The molecule has 2 N–H and O–H groups in total. The number of nitro benzene ring substituents is 1. The van der Waals surface area contributed by atoms with E-state index < -0.39 is 4.92 Å². The Labute approximate surface area is 133 Å². The lowest BCUT2D eigenvalue weighted by molar-refractivity contribution is -0.384. The molecule has 1 aromatic heterocycles. The van der Waals surface area contributed by atoms with E-state index in [2.05, 4.69) is 15.7 Å². The van der Waals surface area contributed by atoms with Crippen LogP contribution in [0.4, 0.5) is 11.4 Å². The van der Waals surface area contributed by atoms with Crippen molar-refractivity contribution in [2.24, 2.45) is 0 Å². The van der Waals surface area contributed by atoms with E-state index in [1.807, 2.05) is 24.0 Å². The van der Waals surface area contributed by atoms with Gasteiger partial charge in [0.05, 0.1) is 11.1 Å². The molecule has 0 unspecified atom stereocenters. The van der Waals surface area contributed by atoms with Crippen molar-refractivity contribution in [3.05, 3.63) is 52.3 Å². The SMILES string of the molecule is Cc1cnn(CCCNC(=S)Nc2ccc([N+](=O)[O-])cc2)c1. The van der Waals surface area contributed by atoms with Crippen molar-refractivity contribution in [1.82, 2.24) is 15.1 Å². The first kappa shape index (κ1) is 15.9. The van der Waals surface area contributed by atoms with Gasteiger partial charge in [0.25, 0.3) is 5.69 Å². The molecule has 8 heteroatoms. The molecule has 0 aliphatic carbocycles. The summed E-state index contributed by atoms with van der Waals surface area (Å²) in [5.41, 5.74) is 1.91. The Balaban J connectivity index is 1.70. The van der Waals surface area contributed by atoms with Gasteiger partial charge in [0.1, 0.15) is 0 Å². The predicted octanol–water partition coefficient (Wildman–Crippen LogP) is 2.48. The topological polar surface area (TPSA) is 85.0 Å². The number of rotatable bonds is 6. The highest BCUT2D eigenvalue weighted by molar-refractivity contribution is 7.80. The fraction of sp³-hybridized carbons (Fsp3) is 0.286. The van der Waals surface area contributed by atoms with Crippen LogP contribution in [0.2, 0.25) is 0 Å². The number of aromatic nitrogens is 2. The predicted molar refractivity (Wildman–Crippen MR) is 88.9 cm³/mol. The molecule has 0 amide bonds. The summed E-state index contributed by atoms with van der Waals surface area (Å²) in [6, 6.07) is 6.12. The number of hydrogen-bond acceptors (Lipinski definition) is 4. The van der Waals surface area contributed by atoms with Crippen LogP contribution in [0.25, 0.3) is 0 Å². The second-order valence-corrected chi connectivity index (χ2v) is 5.23. The van der Waals surface area contributed by atoms with E-state index in [0.29, 0.717) is 10.8 Å². The van der Waals surface area contributed by atoms with Crippen molar-refractivity contribution in [2.45, 2.75) is 19.9 Å². The highest BCUT2D eigenvalue weighted by Crippen LogP contribution is 2.15. The van der Waals surface area contributed by atoms with Gasteiger partial charge in [-0.2, -0.15) is 5.10 Å². The molecule has 0 atom stereocenters. The zero-order chi connectivity index (χ0) is 15.9.